The van der Waals surface area contributed by atoms with Crippen LogP contribution in [0.25, 0.3) is 16.9 Å². The van der Waals surface area contributed by atoms with E-state index in [0.717, 1.165) is 16.9 Å². The molecule has 0 aliphatic rings. The Labute approximate surface area is 138 Å². The smallest absolute Gasteiger partial charge is 0.335 e. The monoisotopic (exact) mass is 325 g/mol. The summed E-state index contributed by atoms with van der Waals surface area (Å²) in [6, 6.07) is 14.1. The zero-order valence-corrected chi connectivity index (χ0v) is 12.7. The minimum Gasteiger partial charge on any atom is -0.478 e. The zero-order valence-electron chi connectivity index (χ0n) is 11.9. The van der Waals surface area contributed by atoms with E-state index in [1.54, 1.807) is 29.1 Å². The van der Waals surface area contributed by atoms with Crippen LogP contribution < -0.4 is 0 Å². The molecule has 2 aromatic heterocycles. The number of rotatable bonds is 3. The Kier molecular flexibility index (Phi) is 4.79. The molecule has 2 heterocycles. The number of carbonyl (C=O) groups is 1. The molecular weight excluding hydrogens is 314 g/mol. The second kappa shape index (κ2) is 6.77. The van der Waals surface area contributed by atoms with Crippen molar-refractivity contribution in [2.24, 2.45) is 0 Å². The Morgan fingerprint density at radius 2 is 1.87 bits per heavy atom. The second-order valence-corrected chi connectivity index (χ2v) is 4.67. The van der Waals surface area contributed by atoms with Gasteiger partial charge in [0.05, 0.1) is 16.8 Å². The molecule has 23 heavy (non-hydrogen) atoms. The van der Waals surface area contributed by atoms with E-state index in [-0.39, 0.29) is 18.0 Å². The van der Waals surface area contributed by atoms with Crippen LogP contribution in [0.4, 0.5) is 0 Å². The van der Waals surface area contributed by atoms with E-state index >= 15 is 0 Å². The lowest BCUT2D eigenvalue weighted by molar-refractivity contribution is 0.0697. The predicted octanol–water partition coefficient (Wildman–Crippen LogP) is 3.53. The lowest BCUT2D eigenvalue weighted by Crippen LogP contribution is -1.97. The number of aromatic nitrogens is 2. The number of carboxylic acid groups (broad SMARTS) is 1. The maximum atomic E-state index is 10.9. The molecule has 0 fully saturated rings. The van der Waals surface area contributed by atoms with Crippen molar-refractivity contribution in [3.63, 3.8) is 0 Å². The molecule has 0 unspecified atom stereocenters. The predicted molar refractivity (Wildman–Crippen MR) is 87.9 cm³/mol. The Balaban J connectivity index is 0.00000192. The molecule has 0 aliphatic carbocycles. The van der Waals surface area contributed by atoms with E-state index in [1.165, 1.54) is 12.1 Å². The van der Waals surface area contributed by atoms with Crippen LogP contribution >= 0.6 is 12.4 Å². The highest BCUT2D eigenvalue weighted by Crippen LogP contribution is 2.24. The van der Waals surface area contributed by atoms with Gasteiger partial charge in [0.2, 0.25) is 0 Å². The van der Waals surface area contributed by atoms with Crippen LogP contribution in [-0.2, 0) is 0 Å². The van der Waals surface area contributed by atoms with Crippen molar-refractivity contribution >= 4 is 18.4 Å². The first kappa shape index (κ1) is 16.3. The van der Waals surface area contributed by atoms with Gasteiger partial charge in [-0.1, -0.05) is 6.07 Å². The third-order valence-electron chi connectivity index (χ3n) is 3.30. The highest BCUT2D eigenvalue weighted by Gasteiger charge is 2.11. The minimum absolute atomic E-state index is 0. The first-order valence-corrected chi connectivity index (χ1v) is 6.56. The Bertz CT molecular complexity index is 865. The maximum absolute atomic E-state index is 10.9. The molecule has 0 bridgehead atoms. The van der Waals surface area contributed by atoms with Crippen molar-refractivity contribution in [2.45, 2.75) is 0 Å². The number of halogens is 1. The lowest BCUT2D eigenvalue weighted by atomic mass is 10.1. The summed E-state index contributed by atoms with van der Waals surface area (Å²) in [6.45, 7) is 0. The van der Waals surface area contributed by atoms with Gasteiger partial charge in [0.1, 0.15) is 6.07 Å². The number of nitrogens with zero attached hydrogens (tertiary/aromatic N) is 3. The molecular formula is C17H12ClN3O2. The van der Waals surface area contributed by atoms with Crippen LogP contribution in [0.1, 0.15) is 15.9 Å². The van der Waals surface area contributed by atoms with Crippen LogP contribution in [0, 0.1) is 11.3 Å². The number of benzene rings is 1. The average Bonchev–Trinajstić information content (AvgIpc) is 3.00. The van der Waals surface area contributed by atoms with Gasteiger partial charge < -0.3 is 9.67 Å². The fourth-order valence-electron chi connectivity index (χ4n) is 2.20. The van der Waals surface area contributed by atoms with Crippen LogP contribution in [0.5, 0.6) is 0 Å². The SMILES string of the molecule is Cl.N#Cc1cn(-c2ccc(C(=O)O)cc2)cc1-c1ccccn1. The molecule has 1 aromatic carbocycles. The van der Waals surface area contributed by atoms with E-state index in [2.05, 4.69) is 11.1 Å². The molecule has 0 aliphatic heterocycles. The molecule has 0 atom stereocenters. The topological polar surface area (TPSA) is 78.9 Å². The minimum atomic E-state index is -0.967. The fourth-order valence-corrected chi connectivity index (χ4v) is 2.20. The molecule has 0 saturated carbocycles. The summed E-state index contributed by atoms with van der Waals surface area (Å²) >= 11 is 0. The summed E-state index contributed by atoms with van der Waals surface area (Å²) in [4.78, 5) is 15.1. The van der Waals surface area contributed by atoms with Crippen LogP contribution in [-0.4, -0.2) is 20.6 Å². The third kappa shape index (κ3) is 3.23. The van der Waals surface area contributed by atoms with Crippen molar-refractivity contribution in [2.75, 3.05) is 0 Å². The van der Waals surface area contributed by atoms with Gasteiger partial charge in [-0.2, -0.15) is 5.26 Å². The Hall–Kier alpha value is -3.10. The largest absolute Gasteiger partial charge is 0.478 e. The van der Waals surface area contributed by atoms with E-state index < -0.39 is 5.97 Å². The number of nitriles is 1. The molecule has 114 valence electrons. The van der Waals surface area contributed by atoms with Gasteiger partial charge in [0, 0.05) is 29.8 Å². The van der Waals surface area contributed by atoms with Crippen LogP contribution in [0.15, 0.2) is 61.1 Å². The van der Waals surface area contributed by atoms with Gasteiger partial charge in [-0.25, -0.2) is 4.79 Å². The summed E-state index contributed by atoms with van der Waals surface area (Å²) in [5, 5.41) is 18.2. The van der Waals surface area contributed by atoms with E-state index in [0.29, 0.717) is 5.56 Å². The van der Waals surface area contributed by atoms with Crippen molar-refractivity contribution in [3.8, 4) is 23.0 Å². The summed E-state index contributed by atoms with van der Waals surface area (Å²) in [5.74, 6) is -0.967. The first-order chi connectivity index (χ1) is 10.7. The number of hydrogen-bond acceptors (Lipinski definition) is 3. The van der Waals surface area contributed by atoms with Gasteiger partial charge in [0.15, 0.2) is 0 Å². The maximum Gasteiger partial charge on any atom is 0.335 e. The van der Waals surface area contributed by atoms with Gasteiger partial charge in [-0.3, -0.25) is 4.98 Å². The van der Waals surface area contributed by atoms with Crippen LogP contribution in [0.3, 0.4) is 0 Å². The van der Waals surface area contributed by atoms with Gasteiger partial charge in [0.25, 0.3) is 0 Å². The number of hydrogen-bond donors (Lipinski definition) is 1. The molecule has 3 rings (SSSR count). The zero-order chi connectivity index (χ0) is 15.5. The highest BCUT2D eigenvalue weighted by atomic mass is 35.5. The Morgan fingerprint density at radius 3 is 2.43 bits per heavy atom. The highest BCUT2D eigenvalue weighted by molar-refractivity contribution is 5.87. The van der Waals surface area contributed by atoms with Crippen molar-refractivity contribution < 1.29 is 9.90 Å². The Morgan fingerprint density at radius 1 is 1.13 bits per heavy atom. The normalized spacial score (nSPS) is 9.70. The average molecular weight is 326 g/mol. The van der Waals surface area contributed by atoms with E-state index in [1.807, 2.05) is 24.4 Å². The summed E-state index contributed by atoms with van der Waals surface area (Å²) in [5.41, 5.74) is 2.98. The first-order valence-electron chi connectivity index (χ1n) is 6.56. The standard InChI is InChI=1S/C17H11N3O2.ClH/c18-9-13-10-20(11-15(13)16-3-1-2-8-19-16)14-6-4-12(5-7-14)17(21)22;/h1-8,10-11H,(H,21,22);1H. The molecule has 1 N–H and O–H groups in total. The number of pyridine rings is 1. The van der Waals surface area contributed by atoms with Crippen molar-refractivity contribution in [3.05, 3.63) is 72.2 Å². The van der Waals surface area contributed by atoms with Crippen molar-refractivity contribution in [1.29, 1.82) is 5.26 Å². The molecule has 0 amide bonds. The molecule has 0 spiro atoms. The summed E-state index contributed by atoms with van der Waals surface area (Å²) in [6.07, 6.45) is 5.20. The lowest BCUT2D eigenvalue weighted by Gasteiger charge is -2.03. The summed E-state index contributed by atoms with van der Waals surface area (Å²) in [7, 11) is 0. The number of carboxylic acids is 1. The molecule has 0 saturated heterocycles. The third-order valence-corrected chi connectivity index (χ3v) is 3.30. The van der Waals surface area contributed by atoms with E-state index in [9.17, 15) is 10.1 Å². The fraction of sp³-hybridized carbons (Fsp3) is 0. The molecule has 6 heteroatoms. The van der Waals surface area contributed by atoms with Crippen molar-refractivity contribution in [1.82, 2.24) is 9.55 Å². The summed E-state index contributed by atoms with van der Waals surface area (Å²) < 4.78 is 1.79. The van der Waals surface area contributed by atoms with Gasteiger partial charge >= 0.3 is 5.97 Å². The van der Waals surface area contributed by atoms with Crippen LogP contribution in [0.2, 0.25) is 0 Å². The molecule has 3 aromatic rings. The molecule has 5 nitrogen and oxygen atoms in total. The molecule has 0 radical (unpaired) electrons. The number of aromatic carboxylic acids is 1. The van der Waals surface area contributed by atoms with Gasteiger partial charge in [-0.15, -0.1) is 12.4 Å². The van der Waals surface area contributed by atoms with E-state index in [4.69, 9.17) is 5.11 Å². The second-order valence-electron chi connectivity index (χ2n) is 4.67. The van der Waals surface area contributed by atoms with Gasteiger partial charge in [-0.05, 0) is 36.4 Å². The quantitative estimate of drug-likeness (QED) is 0.799.